The molecule has 1 aliphatic heterocycles. The van der Waals surface area contributed by atoms with Crippen molar-refractivity contribution in [3.8, 4) is 0 Å². The van der Waals surface area contributed by atoms with Crippen LogP contribution < -0.4 is 5.32 Å². The normalized spacial score (nSPS) is 20.8. The van der Waals surface area contributed by atoms with Crippen LogP contribution in [0.4, 0.5) is 14.0 Å². The molecule has 246 valence electrons. The first-order valence-corrected chi connectivity index (χ1v) is 15.9. The molecule has 2 amide bonds. The summed E-state index contributed by atoms with van der Waals surface area (Å²) in [6.07, 6.45) is 3.10. The van der Waals surface area contributed by atoms with Gasteiger partial charge < -0.3 is 29.2 Å². The van der Waals surface area contributed by atoms with Crippen molar-refractivity contribution in [1.29, 1.82) is 0 Å². The Balaban J connectivity index is 1.85. The third-order valence-corrected chi connectivity index (χ3v) is 8.63. The molecule has 10 nitrogen and oxygen atoms in total. The molecular formula is C33H49FN2O8. The van der Waals surface area contributed by atoms with Gasteiger partial charge in [-0.25, -0.2) is 14.0 Å². The summed E-state index contributed by atoms with van der Waals surface area (Å²) in [5, 5.41) is 2.61. The van der Waals surface area contributed by atoms with Gasteiger partial charge in [-0.3, -0.25) is 9.59 Å². The van der Waals surface area contributed by atoms with E-state index in [-0.39, 0.29) is 6.10 Å². The molecule has 1 aromatic rings. The Morgan fingerprint density at radius 3 is 2.23 bits per heavy atom. The van der Waals surface area contributed by atoms with Crippen molar-refractivity contribution in [1.82, 2.24) is 10.2 Å². The average molecular weight is 621 g/mol. The van der Waals surface area contributed by atoms with Crippen molar-refractivity contribution in [3.05, 3.63) is 35.6 Å². The quantitative estimate of drug-likeness (QED) is 0.169. The summed E-state index contributed by atoms with van der Waals surface area (Å²) in [5.41, 5.74) is -1.35. The van der Waals surface area contributed by atoms with Crippen LogP contribution in [0.5, 0.6) is 0 Å². The van der Waals surface area contributed by atoms with Crippen LogP contribution in [0.1, 0.15) is 118 Å². The number of ether oxygens (including phenoxy) is 4. The first-order valence-electron chi connectivity index (χ1n) is 15.9. The third kappa shape index (κ3) is 8.85. The average Bonchev–Trinajstić information content (AvgIpc) is 3.38. The molecule has 1 aromatic carbocycles. The van der Waals surface area contributed by atoms with E-state index >= 15 is 0 Å². The van der Waals surface area contributed by atoms with E-state index in [2.05, 4.69) is 5.32 Å². The number of rotatable bonds is 10. The molecular weight excluding hydrogens is 571 g/mol. The second-order valence-corrected chi connectivity index (χ2v) is 12.9. The van der Waals surface area contributed by atoms with Crippen LogP contribution in [-0.4, -0.2) is 59.1 Å². The molecule has 44 heavy (non-hydrogen) atoms. The highest BCUT2D eigenvalue weighted by Gasteiger charge is 2.54. The van der Waals surface area contributed by atoms with Crippen molar-refractivity contribution >= 4 is 24.1 Å². The number of nitrogens with one attached hydrogen (secondary N) is 1. The van der Waals surface area contributed by atoms with E-state index in [0.29, 0.717) is 31.2 Å². The summed E-state index contributed by atoms with van der Waals surface area (Å²) in [7, 11) is 0. The number of amides is 2. The molecule has 1 heterocycles. The molecule has 3 rings (SSSR count). The fraction of sp³-hybridized carbons (Fsp3) is 0.697. The molecule has 0 aromatic heterocycles. The second-order valence-electron chi connectivity index (χ2n) is 12.9. The number of esters is 1. The Hall–Kier alpha value is -3.37. The van der Waals surface area contributed by atoms with Crippen LogP contribution in [0.25, 0.3) is 0 Å². The monoisotopic (exact) mass is 620 g/mol. The van der Waals surface area contributed by atoms with E-state index < -0.39 is 65.4 Å². The van der Waals surface area contributed by atoms with Gasteiger partial charge in [-0.1, -0.05) is 32.4 Å². The minimum Gasteiger partial charge on any atom is -0.444 e. The number of likely N-dealkylation sites (tertiary alicyclic amines) is 1. The predicted molar refractivity (Wildman–Crippen MR) is 161 cm³/mol. The Bertz CT molecular complexity index is 1160. The minimum absolute atomic E-state index is 0.210. The van der Waals surface area contributed by atoms with Gasteiger partial charge in [0.2, 0.25) is 12.2 Å². The molecule has 2 aliphatic rings. The Kier molecular flexibility index (Phi) is 12.0. The standard InChI is InChI=1S/C33H49FN2O8/c1-8-33(9-2,29(38)41-22(4)42-31(40)43-25-16-11-10-12-17-25)27-19-18-26(23-14-13-15-24(34)20-23)36(27)28(37)21(3)35-30(39)44-32(5,6)7/h13-15,20-22,25-27H,8-12,16-19H2,1-7H3,(H,35,39)/t21-,22?,26+,27-/m1/s1. The maximum Gasteiger partial charge on any atom is 0.511 e. The number of benzene rings is 1. The van der Waals surface area contributed by atoms with E-state index in [1.165, 1.54) is 19.1 Å². The summed E-state index contributed by atoms with van der Waals surface area (Å²) in [5.74, 6) is -1.50. The fourth-order valence-corrected chi connectivity index (χ4v) is 6.39. The van der Waals surface area contributed by atoms with Crippen molar-refractivity contribution in [3.63, 3.8) is 0 Å². The Morgan fingerprint density at radius 1 is 0.977 bits per heavy atom. The van der Waals surface area contributed by atoms with Gasteiger partial charge in [-0.15, -0.1) is 0 Å². The number of hydrogen-bond acceptors (Lipinski definition) is 8. The molecule has 1 saturated heterocycles. The molecule has 11 heteroatoms. The number of alkyl carbamates (subject to hydrolysis) is 1. The lowest BCUT2D eigenvalue weighted by Gasteiger charge is -2.43. The maximum atomic E-state index is 14.3. The summed E-state index contributed by atoms with van der Waals surface area (Å²) in [6, 6.07) is 3.84. The molecule has 4 atom stereocenters. The lowest BCUT2D eigenvalue weighted by atomic mass is 9.74. The number of nitrogens with zero attached hydrogens (tertiary/aromatic N) is 1. The summed E-state index contributed by atoms with van der Waals surface area (Å²) in [6.45, 7) is 11.9. The zero-order valence-electron chi connectivity index (χ0n) is 27.2. The summed E-state index contributed by atoms with van der Waals surface area (Å²) < 4.78 is 36.1. The first kappa shape index (κ1) is 35.1. The van der Waals surface area contributed by atoms with Crippen molar-refractivity contribution in [2.75, 3.05) is 0 Å². The SMILES string of the molecule is CCC(CC)(C(=O)OC(C)OC(=O)OC1CCCCC1)[C@H]1CC[C@@H](c2cccc(F)c2)N1C(=O)[C@@H](C)NC(=O)OC(C)(C)C. The molecule has 2 fully saturated rings. The van der Waals surface area contributed by atoms with Crippen LogP contribution >= 0.6 is 0 Å². The van der Waals surface area contributed by atoms with Gasteiger partial charge in [0.25, 0.3) is 0 Å². The largest absolute Gasteiger partial charge is 0.511 e. The van der Waals surface area contributed by atoms with E-state index in [1.54, 1.807) is 44.7 Å². The van der Waals surface area contributed by atoms with Crippen molar-refractivity contribution in [2.45, 2.75) is 142 Å². The maximum absolute atomic E-state index is 14.3. The number of halogens is 1. The second kappa shape index (κ2) is 15.1. The molecule has 1 N–H and O–H groups in total. The molecule has 1 aliphatic carbocycles. The highest BCUT2D eigenvalue weighted by molar-refractivity contribution is 5.87. The Labute approximate surface area is 260 Å². The van der Waals surface area contributed by atoms with Crippen LogP contribution in [0.15, 0.2) is 24.3 Å². The van der Waals surface area contributed by atoms with Gasteiger partial charge in [0.15, 0.2) is 0 Å². The van der Waals surface area contributed by atoms with E-state index in [0.717, 1.165) is 32.1 Å². The van der Waals surface area contributed by atoms with Gasteiger partial charge in [-0.2, -0.15) is 0 Å². The minimum atomic E-state index is -1.21. The zero-order chi connectivity index (χ0) is 32.7. The predicted octanol–water partition coefficient (Wildman–Crippen LogP) is 6.95. The van der Waals surface area contributed by atoms with Crippen LogP contribution in [0.2, 0.25) is 0 Å². The summed E-state index contributed by atoms with van der Waals surface area (Å²) in [4.78, 5) is 54.6. The van der Waals surface area contributed by atoms with Gasteiger partial charge in [0.05, 0.1) is 11.5 Å². The molecule has 0 spiro atoms. The van der Waals surface area contributed by atoms with Crippen LogP contribution in [-0.2, 0) is 28.5 Å². The van der Waals surface area contributed by atoms with Crippen molar-refractivity contribution < 1.29 is 42.5 Å². The van der Waals surface area contributed by atoms with Crippen molar-refractivity contribution in [2.24, 2.45) is 5.41 Å². The van der Waals surface area contributed by atoms with Gasteiger partial charge in [-0.05, 0) is 96.8 Å². The molecule has 0 radical (unpaired) electrons. The highest BCUT2D eigenvalue weighted by Crippen LogP contribution is 2.48. The van der Waals surface area contributed by atoms with E-state index in [1.807, 2.05) is 13.8 Å². The van der Waals surface area contributed by atoms with Crippen LogP contribution in [0, 0.1) is 11.2 Å². The number of carbonyl (C=O) groups excluding carboxylic acids is 4. The lowest BCUT2D eigenvalue weighted by Crippen LogP contribution is -2.56. The lowest BCUT2D eigenvalue weighted by molar-refractivity contribution is -0.186. The topological polar surface area (TPSA) is 120 Å². The third-order valence-electron chi connectivity index (χ3n) is 8.63. The Morgan fingerprint density at radius 2 is 1.64 bits per heavy atom. The zero-order valence-corrected chi connectivity index (χ0v) is 27.2. The highest BCUT2D eigenvalue weighted by atomic mass is 19.1. The molecule has 0 bridgehead atoms. The number of carbonyl (C=O) groups is 4. The smallest absolute Gasteiger partial charge is 0.444 e. The molecule has 1 saturated carbocycles. The molecule has 1 unspecified atom stereocenters. The fourth-order valence-electron chi connectivity index (χ4n) is 6.39. The van der Waals surface area contributed by atoms with E-state index in [4.69, 9.17) is 18.9 Å². The number of hydrogen-bond donors (Lipinski definition) is 1. The first-order chi connectivity index (χ1) is 20.7. The summed E-state index contributed by atoms with van der Waals surface area (Å²) >= 11 is 0. The van der Waals surface area contributed by atoms with Crippen LogP contribution in [0.3, 0.4) is 0 Å². The van der Waals surface area contributed by atoms with Gasteiger partial charge in [0.1, 0.15) is 23.6 Å². The van der Waals surface area contributed by atoms with Gasteiger partial charge >= 0.3 is 18.2 Å². The van der Waals surface area contributed by atoms with Gasteiger partial charge in [0, 0.05) is 13.0 Å². The van der Waals surface area contributed by atoms with E-state index in [9.17, 15) is 23.6 Å².